The first kappa shape index (κ1) is 29.1. The first-order valence-corrected chi connectivity index (χ1v) is 12.8. The lowest BCUT2D eigenvalue weighted by atomic mass is 9.94. The maximum Gasteiger partial charge on any atom is 0.433 e. The molecule has 1 aliphatic rings. The molecule has 0 aliphatic carbocycles. The van der Waals surface area contributed by atoms with E-state index in [4.69, 9.17) is 16.3 Å². The molecule has 4 rings (SSSR count). The average Bonchev–Trinajstić information content (AvgIpc) is 2.87. The van der Waals surface area contributed by atoms with Crippen LogP contribution in [0.4, 0.5) is 23.2 Å². The molecule has 1 saturated heterocycles. The summed E-state index contributed by atoms with van der Waals surface area (Å²) in [5, 5.41) is 21.1. The Labute approximate surface area is 229 Å². The summed E-state index contributed by atoms with van der Waals surface area (Å²) in [5.74, 6) is 0.149. The van der Waals surface area contributed by atoms with Gasteiger partial charge in [-0.3, -0.25) is 9.88 Å². The van der Waals surface area contributed by atoms with E-state index in [2.05, 4.69) is 9.88 Å². The van der Waals surface area contributed by atoms with Gasteiger partial charge in [0.2, 0.25) is 0 Å². The first-order valence-electron chi connectivity index (χ1n) is 12.4. The van der Waals surface area contributed by atoms with Gasteiger partial charge >= 0.3 is 6.18 Å². The number of aliphatic hydroxyl groups is 2. The Kier molecular flexibility index (Phi) is 8.70. The van der Waals surface area contributed by atoms with E-state index in [-0.39, 0.29) is 30.6 Å². The van der Waals surface area contributed by atoms with Crippen molar-refractivity contribution in [3.05, 3.63) is 88.5 Å². The lowest BCUT2D eigenvalue weighted by Crippen LogP contribution is -2.52. The van der Waals surface area contributed by atoms with E-state index in [0.29, 0.717) is 30.4 Å². The average molecular weight is 568 g/mol. The standard InChI is InChI=1S/C28H30ClF4N3O3/c1-18(37)16-39-22-8-9-24(23(29)13-22)36-12-11-35(15-25(36)19-3-6-21(30)7-4-19)17-27(2,38)20-5-10-26(34-14-20)28(31,32)33/h3-10,13-14,18,25,37-38H,11-12,15-17H2,1-2H3/t18-,25-,27+/m0/s1. The first-order chi connectivity index (χ1) is 18.3. The molecule has 0 amide bonds. The quantitative estimate of drug-likeness (QED) is 0.354. The number of aliphatic hydroxyl groups excluding tert-OH is 1. The fourth-order valence-corrected chi connectivity index (χ4v) is 4.95. The Morgan fingerprint density at radius 1 is 1.10 bits per heavy atom. The van der Waals surface area contributed by atoms with Gasteiger partial charge in [-0.15, -0.1) is 0 Å². The molecule has 0 spiro atoms. The van der Waals surface area contributed by atoms with Crippen LogP contribution in [0.5, 0.6) is 5.75 Å². The molecule has 1 aromatic heterocycles. The second-order valence-electron chi connectivity index (χ2n) is 9.97. The van der Waals surface area contributed by atoms with Gasteiger partial charge in [-0.2, -0.15) is 13.2 Å². The molecule has 39 heavy (non-hydrogen) atoms. The van der Waals surface area contributed by atoms with Gasteiger partial charge in [0, 0.05) is 44.0 Å². The van der Waals surface area contributed by atoms with Gasteiger partial charge in [-0.05, 0) is 49.7 Å². The number of halogens is 5. The summed E-state index contributed by atoms with van der Waals surface area (Å²) in [6.07, 6.45) is -4.14. The van der Waals surface area contributed by atoms with Crippen LogP contribution in [0.1, 0.15) is 36.7 Å². The number of β-amino-alcohol motifs (C(OH)–C–C–N with tert-alkyl or cyclic N) is 1. The number of hydrogen-bond acceptors (Lipinski definition) is 6. The molecule has 0 unspecified atom stereocenters. The third-order valence-corrected chi connectivity index (χ3v) is 6.95. The Morgan fingerprint density at radius 3 is 2.41 bits per heavy atom. The molecule has 11 heteroatoms. The van der Waals surface area contributed by atoms with Crippen LogP contribution in [0.25, 0.3) is 0 Å². The fourth-order valence-electron chi connectivity index (χ4n) is 4.68. The van der Waals surface area contributed by atoms with Crippen molar-refractivity contribution >= 4 is 17.3 Å². The minimum Gasteiger partial charge on any atom is -0.491 e. The highest BCUT2D eigenvalue weighted by Crippen LogP contribution is 2.38. The van der Waals surface area contributed by atoms with Gasteiger partial charge < -0.3 is 19.8 Å². The van der Waals surface area contributed by atoms with Gasteiger partial charge in [-0.1, -0.05) is 29.8 Å². The van der Waals surface area contributed by atoms with Crippen molar-refractivity contribution in [1.29, 1.82) is 0 Å². The fraction of sp³-hybridized carbons (Fsp3) is 0.393. The number of hydrogen-bond donors (Lipinski definition) is 2. The third-order valence-electron chi connectivity index (χ3n) is 6.65. The van der Waals surface area contributed by atoms with Crippen LogP contribution >= 0.6 is 11.6 Å². The van der Waals surface area contributed by atoms with Crippen LogP contribution in [0.3, 0.4) is 0 Å². The van der Waals surface area contributed by atoms with Gasteiger partial charge in [0.25, 0.3) is 0 Å². The zero-order valence-electron chi connectivity index (χ0n) is 21.5. The zero-order valence-corrected chi connectivity index (χ0v) is 22.3. The van der Waals surface area contributed by atoms with E-state index >= 15 is 0 Å². The third kappa shape index (κ3) is 7.19. The van der Waals surface area contributed by atoms with E-state index in [1.165, 1.54) is 18.2 Å². The normalized spacial score (nSPS) is 19.0. The molecule has 0 radical (unpaired) electrons. The van der Waals surface area contributed by atoms with Gasteiger partial charge in [0.15, 0.2) is 0 Å². The maximum absolute atomic E-state index is 13.7. The summed E-state index contributed by atoms with van der Waals surface area (Å²) >= 11 is 6.64. The predicted octanol–water partition coefficient (Wildman–Crippen LogP) is 5.42. The number of alkyl halides is 3. The molecular weight excluding hydrogens is 538 g/mol. The number of ether oxygens (including phenoxy) is 1. The van der Waals surface area contributed by atoms with Crippen LogP contribution in [-0.4, -0.2) is 59.0 Å². The lowest BCUT2D eigenvalue weighted by molar-refractivity contribution is -0.141. The van der Waals surface area contributed by atoms with Gasteiger partial charge in [0.1, 0.15) is 29.5 Å². The number of rotatable bonds is 8. The predicted molar refractivity (Wildman–Crippen MR) is 140 cm³/mol. The SMILES string of the molecule is C[C@H](O)COc1ccc(N2CCN(C[C@@](C)(O)c3ccc(C(F)(F)F)nc3)C[C@H]2c2ccc(F)cc2)c(Cl)c1. The number of piperazine rings is 1. The summed E-state index contributed by atoms with van der Waals surface area (Å²) in [5.41, 5.74) is -0.637. The number of pyridine rings is 1. The second kappa shape index (κ2) is 11.7. The Morgan fingerprint density at radius 2 is 1.82 bits per heavy atom. The number of nitrogens with zero attached hydrogens (tertiary/aromatic N) is 3. The number of aromatic nitrogens is 1. The van der Waals surface area contributed by atoms with Crippen molar-refractivity contribution in [2.24, 2.45) is 0 Å². The molecule has 1 aliphatic heterocycles. The summed E-state index contributed by atoms with van der Waals surface area (Å²) in [7, 11) is 0. The molecule has 6 nitrogen and oxygen atoms in total. The van der Waals surface area contributed by atoms with Gasteiger partial charge in [0.05, 0.1) is 22.9 Å². The Hall–Kier alpha value is -2.92. The van der Waals surface area contributed by atoms with Crippen LogP contribution < -0.4 is 9.64 Å². The molecule has 2 aromatic carbocycles. The molecular formula is C28H30ClF4N3O3. The van der Waals surface area contributed by atoms with E-state index in [1.54, 1.807) is 38.1 Å². The van der Waals surface area contributed by atoms with Gasteiger partial charge in [-0.25, -0.2) is 4.39 Å². The minimum absolute atomic E-state index is 0.126. The molecule has 3 aromatic rings. The largest absolute Gasteiger partial charge is 0.491 e. The molecule has 3 atom stereocenters. The molecule has 2 N–H and O–H groups in total. The topological polar surface area (TPSA) is 69.1 Å². The summed E-state index contributed by atoms with van der Waals surface area (Å²) in [6, 6.07) is 13.3. The highest BCUT2D eigenvalue weighted by Gasteiger charge is 2.36. The Balaban J connectivity index is 1.56. The molecule has 1 fully saturated rings. The van der Waals surface area contributed by atoms with E-state index in [0.717, 1.165) is 23.5 Å². The monoisotopic (exact) mass is 567 g/mol. The highest BCUT2D eigenvalue weighted by atomic mass is 35.5. The number of anilines is 1. The van der Waals surface area contributed by atoms with Crippen molar-refractivity contribution in [3.63, 3.8) is 0 Å². The molecule has 2 heterocycles. The van der Waals surface area contributed by atoms with Crippen molar-refractivity contribution in [3.8, 4) is 5.75 Å². The van der Waals surface area contributed by atoms with Crippen LogP contribution in [0.15, 0.2) is 60.8 Å². The Bertz CT molecular complexity index is 1250. The second-order valence-corrected chi connectivity index (χ2v) is 10.4. The molecule has 210 valence electrons. The van der Waals surface area contributed by atoms with Crippen molar-refractivity contribution in [2.45, 2.75) is 37.8 Å². The summed E-state index contributed by atoms with van der Waals surface area (Å²) in [6.45, 7) is 4.90. The molecule has 0 saturated carbocycles. The highest BCUT2D eigenvalue weighted by molar-refractivity contribution is 6.33. The minimum atomic E-state index is -4.56. The molecule has 0 bridgehead atoms. The van der Waals surface area contributed by atoms with E-state index < -0.39 is 23.6 Å². The van der Waals surface area contributed by atoms with E-state index in [1.807, 2.05) is 11.0 Å². The van der Waals surface area contributed by atoms with Crippen molar-refractivity contribution in [1.82, 2.24) is 9.88 Å². The number of benzene rings is 2. The van der Waals surface area contributed by atoms with E-state index in [9.17, 15) is 27.8 Å². The van der Waals surface area contributed by atoms with Crippen molar-refractivity contribution < 1.29 is 32.5 Å². The summed E-state index contributed by atoms with van der Waals surface area (Å²) in [4.78, 5) is 7.59. The summed E-state index contributed by atoms with van der Waals surface area (Å²) < 4.78 is 58.1. The van der Waals surface area contributed by atoms with Crippen LogP contribution in [0, 0.1) is 5.82 Å². The van der Waals surface area contributed by atoms with Crippen molar-refractivity contribution in [2.75, 3.05) is 37.7 Å². The van der Waals surface area contributed by atoms with Crippen LogP contribution in [-0.2, 0) is 11.8 Å². The van der Waals surface area contributed by atoms with Crippen LogP contribution in [0.2, 0.25) is 5.02 Å². The smallest absolute Gasteiger partial charge is 0.433 e. The maximum atomic E-state index is 13.7. The zero-order chi connectivity index (χ0) is 28.4. The lowest BCUT2D eigenvalue weighted by Gasteiger charge is -2.45.